The molecule has 0 aliphatic carbocycles. The van der Waals surface area contributed by atoms with Gasteiger partial charge < -0.3 is 56.5 Å². The van der Waals surface area contributed by atoms with Crippen molar-refractivity contribution < 1.29 is 54.0 Å². The summed E-state index contributed by atoms with van der Waals surface area (Å²) in [6.45, 7) is 0.566. The molecule has 1 saturated heterocycles. The Bertz CT molecular complexity index is 2060. The van der Waals surface area contributed by atoms with Gasteiger partial charge in [-0.15, -0.1) is 0 Å². The van der Waals surface area contributed by atoms with Crippen LogP contribution in [0.3, 0.4) is 0 Å². The van der Waals surface area contributed by atoms with E-state index in [0.717, 1.165) is 5.56 Å². The molecule has 1 aromatic heterocycles. The Kier molecular flexibility index (Phi) is 19.9. The third kappa shape index (κ3) is 16.6. The van der Waals surface area contributed by atoms with Crippen LogP contribution in [0.1, 0.15) is 54.4 Å². The molecule has 2 heterocycles. The van der Waals surface area contributed by atoms with Gasteiger partial charge in [-0.05, 0) is 61.2 Å². The summed E-state index contributed by atoms with van der Waals surface area (Å²) in [6.07, 6.45) is -0.444. The number of ketones is 1. The van der Waals surface area contributed by atoms with Gasteiger partial charge in [-0.1, -0.05) is 6.07 Å². The number of carboxylic acid groups (broad SMARTS) is 4. The number of carbonyl (C=O) groups is 7. The molecule has 0 saturated carbocycles. The number of aromatic nitrogens is 2. The molecule has 1 unspecified atom stereocenters. The van der Waals surface area contributed by atoms with Crippen LogP contribution in [0.15, 0.2) is 47.3 Å². The number of fused-ring (bicyclic) bond motifs is 1. The zero-order valence-corrected chi connectivity index (χ0v) is 35.8. The summed E-state index contributed by atoms with van der Waals surface area (Å²) >= 11 is 0. The molecule has 0 radical (unpaired) electrons. The van der Waals surface area contributed by atoms with Gasteiger partial charge in [0.2, 0.25) is 11.9 Å². The fraction of sp³-hybridized carbons (Fsp3) is 0.462. The molecule has 7 N–H and O–H groups in total. The topological polar surface area (TPSA) is 326 Å². The van der Waals surface area contributed by atoms with E-state index < -0.39 is 60.9 Å². The maximum absolute atomic E-state index is 12.9. The van der Waals surface area contributed by atoms with E-state index in [1.807, 2.05) is 0 Å². The van der Waals surface area contributed by atoms with Crippen molar-refractivity contribution in [2.45, 2.75) is 57.2 Å². The summed E-state index contributed by atoms with van der Waals surface area (Å²) in [4.78, 5) is 108. The van der Waals surface area contributed by atoms with E-state index in [2.05, 4.69) is 25.9 Å². The summed E-state index contributed by atoms with van der Waals surface area (Å²) in [6, 6.07) is 8.86. The molecule has 1 aliphatic rings. The number of nitrogen functional groups attached to an aromatic ring is 1. The van der Waals surface area contributed by atoms with Crippen molar-refractivity contribution in [3.8, 4) is 0 Å². The van der Waals surface area contributed by atoms with E-state index in [9.17, 15) is 58.8 Å². The molecule has 21 nitrogen and oxygen atoms in total. The Morgan fingerprint density at radius 1 is 0.836 bits per heavy atom. The Morgan fingerprint density at radius 2 is 1.46 bits per heavy atom. The smallest absolute Gasteiger partial charge is 0.549 e. The number of nitrogens with zero attached hydrogens (tertiary/aromatic N) is 4. The normalized spacial score (nSPS) is 14.9. The van der Waals surface area contributed by atoms with Crippen molar-refractivity contribution in [1.29, 1.82) is 0 Å². The van der Waals surface area contributed by atoms with E-state index in [1.165, 1.54) is 26.8 Å². The van der Waals surface area contributed by atoms with Crippen molar-refractivity contribution in [2.75, 3.05) is 70.0 Å². The van der Waals surface area contributed by atoms with Gasteiger partial charge in [-0.2, -0.15) is 0 Å². The molecule has 1 fully saturated rings. The first kappa shape index (κ1) is 49.5. The first-order valence-electron chi connectivity index (χ1n) is 19.3. The van der Waals surface area contributed by atoms with Gasteiger partial charge in [-0.3, -0.25) is 38.9 Å². The number of H-pyrrole nitrogens is 1. The van der Waals surface area contributed by atoms with Crippen LogP contribution in [-0.4, -0.2) is 162 Å². The molecule has 1 aliphatic heterocycles. The third-order valence-corrected chi connectivity index (χ3v) is 9.90. The SMILES string of the molecule is Nc1nc2ccc(CNc3ccc(C(=O)N[C@@H](CCC(=O)NCCCC(=O)CCC(C(=O)[O-])N4CCN(CC(=O)[O-])CCN(CC(=O)[O-])CC4)C(=O)O)cc3)cc2c(=O)[nH]1.[Ga+3]. The summed E-state index contributed by atoms with van der Waals surface area (Å²) in [5.41, 5.74) is 7.32. The minimum Gasteiger partial charge on any atom is -0.549 e. The number of aromatic amines is 1. The third-order valence-electron chi connectivity index (χ3n) is 9.90. The van der Waals surface area contributed by atoms with Gasteiger partial charge in [0.05, 0.1) is 28.8 Å². The van der Waals surface area contributed by atoms with Crippen LogP contribution in [0.5, 0.6) is 0 Å². The van der Waals surface area contributed by atoms with Crippen LogP contribution < -0.4 is 42.6 Å². The number of nitrogens with two attached hydrogens (primary N) is 1. The first-order chi connectivity index (χ1) is 28.6. The summed E-state index contributed by atoms with van der Waals surface area (Å²) < 4.78 is 0. The number of rotatable bonds is 22. The van der Waals surface area contributed by atoms with Crippen LogP contribution in [0.4, 0.5) is 11.6 Å². The van der Waals surface area contributed by atoms with E-state index in [1.54, 1.807) is 30.3 Å². The molecule has 2 aromatic carbocycles. The number of anilines is 2. The van der Waals surface area contributed by atoms with E-state index in [0.29, 0.717) is 23.1 Å². The molecule has 3 aromatic rings. The van der Waals surface area contributed by atoms with Crippen molar-refractivity contribution in [3.05, 3.63) is 63.9 Å². The van der Waals surface area contributed by atoms with Crippen LogP contribution in [0.2, 0.25) is 0 Å². The number of nitrogens with one attached hydrogen (secondary N) is 4. The Labute approximate surface area is 363 Å². The molecule has 4 rings (SSSR count). The fourth-order valence-corrected chi connectivity index (χ4v) is 6.66. The van der Waals surface area contributed by atoms with E-state index in [4.69, 9.17) is 5.73 Å². The van der Waals surface area contributed by atoms with Gasteiger partial charge in [-0.25, -0.2) is 9.78 Å². The van der Waals surface area contributed by atoms with Crippen molar-refractivity contribution in [2.24, 2.45) is 0 Å². The zero-order valence-electron chi connectivity index (χ0n) is 33.4. The van der Waals surface area contributed by atoms with Gasteiger partial charge >= 0.3 is 25.8 Å². The number of benzene rings is 2. The number of hydrogen-bond acceptors (Lipinski definition) is 17. The number of Topliss-reactive ketones (excluding diaryl/α,β-unsaturated/α-hetero) is 1. The van der Waals surface area contributed by atoms with E-state index in [-0.39, 0.29) is 127 Å². The van der Waals surface area contributed by atoms with Crippen molar-refractivity contribution in [1.82, 2.24) is 35.3 Å². The van der Waals surface area contributed by atoms with E-state index >= 15 is 0 Å². The number of hydrogen-bond donors (Lipinski definition) is 6. The molecule has 2 amide bonds. The maximum atomic E-state index is 12.9. The maximum Gasteiger partial charge on any atom is 3.00 e. The number of amides is 2. The molecular formula is C39H48GaN9O12. The minimum absolute atomic E-state index is 0. The second-order valence-electron chi connectivity index (χ2n) is 14.3. The largest absolute Gasteiger partial charge is 3.00 e. The monoisotopic (exact) mass is 903 g/mol. The number of carboxylic acids is 4. The van der Waals surface area contributed by atoms with Crippen LogP contribution >= 0.6 is 0 Å². The number of carbonyl (C=O) groups excluding carboxylic acids is 6. The Morgan fingerprint density at radius 3 is 2.05 bits per heavy atom. The molecular weight excluding hydrogens is 856 g/mol. The molecule has 2 atom stereocenters. The molecule has 0 spiro atoms. The molecule has 0 bridgehead atoms. The Hall–Kier alpha value is -5.81. The standard InChI is InChI=1S/C39H51N9O12.Ga/c40-39-44-29-9-3-24(20-28(29)36(56)45-39)21-42-26-6-4-25(5-7-26)35(55)43-30(37(57)58)10-12-32(50)41-13-1-2-27(49)8-11-31(38(59)60)48-18-16-46(22-33(51)52)14-15-47(17-19-48)23-34(53)54;/h3-7,9,20,30-31,42H,1-2,8,10-19,21-23H2,(H,41,50)(H,43,55)(H,51,52)(H,53,54)(H,57,58)(H,59,60)(H3,40,44,45,56);/q;+3/p-3/t30-,31?;/m0./s1. The van der Waals surface area contributed by atoms with Gasteiger partial charge in [0, 0.05) is 102 Å². The Balaban J connectivity index is 0.00000992. The molecule has 324 valence electrons. The first-order valence-corrected chi connectivity index (χ1v) is 19.3. The zero-order chi connectivity index (χ0) is 43.8. The molecule has 61 heavy (non-hydrogen) atoms. The second-order valence-corrected chi connectivity index (χ2v) is 14.3. The van der Waals surface area contributed by atoms with Crippen molar-refractivity contribution >= 4 is 83.8 Å². The molecule has 22 heteroatoms. The summed E-state index contributed by atoms with van der Waals surface area (Å²) in [5.74, 6) is -6.87. The van der Waals surface area contributed by atoms with Crippen LogP contribution in [-0.2, 0) is 35.3 Å². The summed E-state index contributed by atoms with van der Waals surface area (Å²) in [7, 11) is 0. The van der Waals surface area contributed by atoms with Crippen LogP contribution in [0, 0.1) is 0 Å². The van der Waals surface area contributed by atoms with Crippen molar-refractivity contribution in [3.63, 3.8) is 0 Å². The quantitative estimate of drug-likeness (QED) is 0.0409. The van der Waals surface area contributed by atoms with Gasteiger partial charge in [0.15, 0.2) is 0 Å². The predicted octanol–water partition coefficient (Wildman–Crippen LogP) is -4.52. The predicted molar refractivity (Wildman–Crippen MR) is 214 cm³/mol. The van der Waals surface area contributed by atoms with Gasteiger partial charge in [0.25, 0.3) is 11.5 Å². The fourth-order valence-electron chi connectivity index (χ4n) is 6.66. The average Bonchev–Trinajstić information content (AvgIpc) is 3.27. The summed E-state index contributed by atoms with van der Waals surface area (Å²) in [5, 5.41) is 52.8. The van der Waals surface area contributed by atoms with Gasteiger partial charge in [0.1, 0.15) is 11.8 Å². The average molecular weight is 905 g/mol. The number of aliphatic carboxylic acids is 4. The van der Waals surface area contributed by atoms with Crippen LogP contribution in [0.25, 0.3) is 10.9 Å². The second kappa shape index (κ2) is 24.4. The minimum atomic E-state index is -1.44.